The van der Waals surface area contributed by atoms with Gasteiger partial charge in [0.15, 0.2) is 17.5 Å². The van der Waals surface area contributed by atoms with Crippen molar-refractivity contribution in [1.82, 2.24) is 14.8 Å². The SMILES string of the molecule is CC(=O)Oc1ccc(OC(=O)N(C)CCN(CCCCCC[PH](c2ccccc2)(c2ccccc2)c2ccccc2)C(=O)Oc2ccc3nc(C4=NC(C(=O)O)CS4)sc3c2)cc1OC(C)=O. The van der Waals surface area contributed by atoms with Gasteiger partial charge in [0.05, 0.1) is 5.52 Å². The van der Waals surface area contributed by atoms with Crippen molar-refractivity contribution in [1.29, 1.82) is 0 Å². The van der Waals surface area contributed by atoms with Gasteiger partial charge in [-0.15, -0.1) is 23.1 Å². The number of unbranched alkanes of at least 4 members (excludes halogenated alkanes) is 3. The third-order valence-corrected chi connectivity index (χ3v) is 18.4. The number of benzene rings is 5. The minimum absolute atomic E-state index is 0.0129. The molecule has 14 nitrogen and oxygen atoms in total. The molecule has 0 saturated heterocycles. The Morgan fingerprint density at radius 2 is 1.22 bits per heavy atom. The van der Waals surface area contributed by atoms with Crippen LogP contribution in [-0.4, -0.2) is 99.7 Å². The minimum atomic E-state index is -2.40. The number of carboxylic acids is 1. The van der Waals surface area contributed by atoms with Gasteiger partial charge in [-0.3, -0.25) is 14.6 Å². The molecule has 0 aliphatic carbocycles. The molecule has 0 radical (unpaired) electrons. The van der Waals surface area contributed by atoms with Gasteiger partial charge < -0.3 is 14.6 Å². The van der Waals surface area contributed by atoms with Crippen LogP contribution < -0.4 is 34.9 Å². The predicted octanol–water partition coefficient (Wildman–Crippen LogP) is 8.31. The fourth-order valence-corrected chi connectivity index (χ4v) is 14.9. The van der Waals surface area contributed by atoms with E-state index in [1.165, 1.54) is 83.0 Å². The summed E-state index contributed by atoms with van der Waals surface area (Å²) in [7, 11) is -0.859. The number of rotatable bonds is 19. The molecule has 0 spiro atoms. The fraction of sp³-hybridized carbons (Fsp3) is 0.260. The monoisotopic (exact) mass is 962 g/mol. The normalized spacial score (nSPS) is 13.6. The first-order valence-electron chi connectivity index (χ1n) is 21.8. The third kappa shape index (κ3) is 12.4. The van der Waals surface area contributed by atoms with Crippen LogP contribution in [0.1, 0.15) is 44.5 Å². The van der Waals surface area contributed by atoms with Crippen LogP contribution in [0.15, 0.2) is 132 Å². The number of carbonyl (C=O) groups excluding carboxylic acids is 4. The maximum Gasteiger partial charge on any atom is 0.308 e. The number of nitrogens with zero attached hydrogens (tertiary/aromatic N) is 4. The number of aliphatic imine (C=N–C) groups is 1. The first-order chi connectivity index (χ1) is 32.4. The average molecular weight is 963 g/mol. The van der Waals surface area contributed by atoms with Crippen molar-refractivity contribution < 1.29 is 48.0 Å². The van der Waals surface area contributed by atoms with E-state index in [1.54, 1.807) is 23.1 Å². The number of carbonyl (C=O) groups is 5. The Bertz CT molecular complexity index is 2640. The van der Waals surface area contributed by atoms with Gasteiger partial charge in [-0.1, -0.05) is 0 Å². The molecule has 1 unspecified atom stereocenters. The largest absolute Gasteiger partial charge is 0.423 e. The second-order valence-corrected chi connectivity index (χ2v) is 21.9. The average Bonchev–Trinajstić information content (AvgIpc) is 4.00. The summed E-state index contributed by atoms with van der Waals surface area (Å²) in [5.74, 6) is -1.68. The molecule has 5 aromatic carbocycles. The van der Waals surface area contributed by atoms with Crippen molar-refractivity contribution in [3.8, 4) is 23.0 Å². The van der Waals surface area contributed by atoms with Crippen molar-refractivity contribution in [3.05, 3.63) is 132 Å². The van der Waals surface area contributed by atoms with Gasteiger partial charge in [0.1, 0.15) is 15.8 Å². The zero-order valence-corrected chi connectivity index (χ0v) is 39.9. The molecule has 17 heteroatoms. The van der Waals surface area contributed by atoms with Crippen molar-refractivity contribution in [2.75, 3.05) is 38.6 Å². The number of carboxylic acid groups (broad SMARTS) is 1. The van der Waals surface area contributed by atoms with Gasteiger partial charge in [0.2, 0.25) is 0 Å². The number of aromatic nitrogens is 1. The Morgan fingerprint density at radius 3 is 1.82 bits per heavy atom. The summed E-state index contributed by atoms with van der Waals surface area (Å²) in [5, 5.41) is 14.6. The van der Waals surface area contributed by atoms with Crippen LogP contribution in [0, 0.1) is 0 Å². The molecule has 1 atom stereocenters. The first-order valence-corrected chi connectivity index (χ1v) is 25.8. The van der Waals surface area contributed by atoms with Gasteiger partial charge in [-0.2, -0.15) is 0 Å². The number of hydrogen-bond acceptors (Lipinski definition) is 13. The van der Waals surface area contributed by atoms with E-state index in [0.717, 1.165) is 30.1 Å². The van der Waals surface area contributed by atoms with E-state index >= 15 is 0 Å². The third-order valence-electron chi connectivity index (χ3n) is 11.1. The van der Waals surface area contributed by atoms with E-state index in [4.69, 9.17) is 18.9 Å². The van der Waals surface area contributed by atoms with Gasteiger partial charge >= 0.3 is 260 Å². The molecular formula is C50H51N4O10PS2. The van der Waals surface area contributed by atoms with Crippen LogP contribution in [0.4, 0.5) is 9.59 Å². The summed E-state index contributed by atoms with van der Waals surface area (Å²) in [5.41, 5.74) is 0.665. The fourth-order valence-electron chi connectivity index (χ4n) is 7.85. The number of thioether (sulfide) groups is 1. The van der Waals surface area contributed by atoms with E-state index in [1.807, 2.05) is 0 Å². The zero-order valence-electron chi connectivity index (χ0n) is 37.3. The Labute approximate surface area is 397 Å². The van der Waals surface area contributed by atoms with E-state index in [2.05, 4.69) is 101 Å². The second kappa shape index (κ2) is 22.7. The Kier molecular flexibility index (Phi) is 16.4. The summed E-state index contributed by atoms with van der Waals surface area (Å²) in [6.07, 6.45) is 3.11. The molecule has 0 bridgehead atoms. The maximum absolute atomic E-state index is 14.0. The van der Waals surface area contributed by atoms with Crippen LogP contribution in [0.2, 0.25) is 0 Å². The first kappa shape index (κ1) is 48.3. The van der Waals surface area contributed by atoms with Crippen molar-refractivity contribution in [2.24, 2.45) is 4.99 Å². The molecule has 1 N–H and O–H groups in total. The number of esters is 2. The number of likely N-dealkylation sites (N-methyl/N-ethyl adjacent to an activating group) is 1. The number of fused-ring (bicyclic) bond motifs is 1. The molecule has 6 aromatic rings. The zero-order chi connectivity index (χ0) is 47.3. The molecule has 2 heterocycles. The number of amides is 2. The molecule has 2 amide bonds. The summed E-state index contributed by atoms with van der Waals surface area (Å²) < 4.78 is 22.6. The molecule has 67 heavy (non-hydrogen) atoms. The topological polar surface area (TPSA) is 174 Å². The standard InChI is InChI=1S/C50H51N4O10PS2/c1-34(55)61-43-26-24-36(31-44(43)62-35(2)56)63-49(59)53(3)28-29-54(50(60)64-37-23-25-41-45(32-37)67-47(51-41)46-52-42(33-66-46)48(57)58)27-15-4-5-16-30-65(38-17-9-6-10-18-38,39-19-11-7-12-20-39)40-21-13-8-14-22-40/h6-14,17-26,31-32,42,65H,4-5,15-16,27-30,33H2,1-3H3,(H,57,58). The van der Waals surface area contributed by atoms with Crippen LogP contribution in [-0.2, 0) is 14.4 Å². The molecule has 0 saturated carbocycles. The summed E-state index contributed by atoms with van der Waals surface area (Å²) in [6, 6.07) is 40.8. The van der Waals surface area contributed by atoms with Crippen LogP contribution in [0.5, 0.6) is 23.0 Å². The van der Waals surface area contributed by atoms with Crippen LogP contribution in [0.25, 0.3) is 10.2 Å². The maximum atomic E-state index is 14.0. The molecule has 348 valence electrons. The predicted molar refractivity (Wildman–Crippen MR) is 265 cm³/mol. The minimum Gasteiger partial charge on any atom is -0.423 e. The van der Waals surface area contributed by atoms with E-state index in [9.17, 15) is 29.1 Å². The summed E-state index contributed by atoms with van der Waals surface area (Å²) >= 11 is 2.69. The van der Waals surface area contributed by atoms with Gasteiger partial charge in [-0.05, 0) is 12.1 Å². The molecular weight excluding hydrogens is 912 g/mol. The Balaban J connectivity index is 1.03. The number of ether oxygens (including phenoxy) is 4. The quantitative estimate of drug-likeness (QED) is 0.0357. The number of hydrogen-bond donors (Lipinski definition) is 1. The molecule has 7 rings (SSSR count). The molecule has 0 fully saturated rings. The van der Waals surface area contributed by atoms with Crippen LogP contribution in [0.3, 0.4) is 0 Å². The smallest absolute Gasteiger partial charge is 0.308 e. The van der Waals surface area contributed by atoms with Crippen molar-refractivity contribution >= 4 is 91.6 Å². The Hall–Kier alpha value is -6.61. The van der Waals surface area contributed by atoms with E-state index in [0.29, 0.717) is 40.0 Å². The molecule has 1 aliphatic heterocycles. The van der Waals surface area contributed by atoms with E-state index < -0.39 is 43.4 Å². The summed E-state index contributed by atoms with van der Waals surface area (Å²) in [4.78, 5) is 73.9. The summed E-state index contributed by atoms with van der Waals surface area (Å²) in [6.45, 7) is 2.96. The molecule has 1 aliphatic rings. The van der Waals surface area contributed by atoms with Crippen molar-refractivity contribution in [2.45, 2.75) is 45.6 Å². The van der Waals surface area contributed by atoms with E-state index in [-0.39, 0.29) is 30.3 Å². The van der Waals surface area contributed by atoms with Gasteiger partial charge in [0, 0.05) is 25.7 Å². The number of thiazole rings is 1. The number of aliphatic carboxylic acids is 1. The van der Waals surface area contributed by atoms with Crippen molar-refractivity contribution in [3.63, 3.8) is 0 Å². The molecule has 1 aromatic heterocycles. The van der Waals surface area contributed by atoms with Gasteiger partial charge in [0.25, 0.3) is 0 Å². The van der Waals surface area contributed by atoms with Crippen LogP contribution >= 0.6 is 30.4 Å². The van der Waals surface area contributed by atoms with Gasteiger partial charge in [-0.25, -0.2) is 9.78 Å². The second-order valence-electron chi connectivity index (χ2n) is 15.9. The Morgan fingerprint density at radius 1 is 0.657 bits per heavy atom.